The van der Waals surface area contributed by atoms with Crippen molar-refractivity contribution in [2.75, 3.05) is 19.7 Å². The monoisotopic (exact) mass is 1040 g/mol. The van der Waals surface area contributed by atoms with Gasteiger partial charge in [0, 0.05) is 88.1 Å². The van der Waals surface area contributed by atoms with Crippen LogP contribution in [0.15, 0.2) is 108 Å². The molecule has 5 aromatic rings. The quantitative estimate of drug-likeness (QED) is 0.0165. The molecule has 18 nitrogen and oxygen atoms in total. The number of phenolic OH excluding ortho intramolecular Hbond substituents is 3. The Morgan fingerprint density at radius 2 is 1.87 bits per heavy atom. The average molecular weight is 1040 g/mol. The van der Waals surface area contributed by atoms with Gasteiger partial charge in [-0.2, -0.15) is 0 Å². The number of fused-ring (bicyclic) bond motifs is 1. The van der Waals surface area contributed by atoms with E-state index >= 15 is 0 Å². The minimum Gasteiger partial charge on any atom is -0.504 e. The SMILES string of the molecule is CC(=O)OC1CC(CCc2ccc(O)c(OC3CCCC4(C3)NC(=NCCCC3=CCNC(N)=C3)NC(n3cc5cc[nH]c5c3)C4C(O)NC3CCCCC3)c2)OC(c2cc(O)c(O)c(OCCc3cccnc3)c2)C1. The Morgan fingerprint density at radius 3 is 2.68 bits per heavy atom. The minimum atomic E-state index is -0.866. The van der Waals surface area contributed by atoms with Crippen LogP contribution >= 0.6 is 0 Å². The van der Waals surface area contributed by atoms with E-state index in [9.17, 15) is 25.2 Å². The molecule has 5 aliphatic rings. The number of aryl methyl sites for hydroxylation is 1. The number of esters is 1. The van der Waals surface area contributed by atoms with Gasteiger partial charge in [-0.15, -0.1) is 0 Å². The van der Waals surface area contributed by atoms with Crippen molar-refractivity contribution in [3.8, 4) is 28.7 Å². The number of phenols is 3. The van der Waals surface area contributed by atoms with E-state index in [1.807, 2.05) is 36.5 Å². The zero-order chi connectivity index (χ0) is 52.6. The molecule has 2 saturated heterocycles. The van der Waals surface area contributed by atoms with Crippen LogP contribution in [0, 0.1) is 5.92 Å². The summed E-state index contributed by atoms with van der Waals surface area (Å²) in [6.07, 6.45) is 23.5. The number of nitrogens with one attached hydrogen (secondary N) is 5. The lowest BCUT2D eigenvalue weighted by atomic mass is 9.68. The van der Waals surface area contributed by atoms with Crippen LogP contribution in [0.2, 0.25) is 0 Å². The van der Waals surface area contributed by atoms with E-state index in [1.165, 1.54) is 25.0 Å². The average Bonchev–Trinajstić information content (AvgIpc) is 4.05. The Hall–Kier alpha value is -6.89. The number of dihydropyridines is 1. The number of carbonyl (C=O) groups excluding carboxylic acids is 1. The number of guanidine groups is 1. The highest BCUT2D eigenvalue weighted by molar-refractivity contribution is 5.83. The molecule has 1 spiro atoms. The number of rotatable bonds is 19. The van der Waals surface area contributed by atoms with Crippen LogP contribution in [0.1, 0.15) is 126 Å². The molecule has 0 amide bonds. The van der Waals surface area contributed by atoms with Crippen molar-refractivity contribution in [3.05, 3.63) is 120 Å². The number of aliphatic hydroxyl groups is 1. The number of aromatic hydroxyl groups is 3. The van der Waals surface area contributed by atoms with Gasteiger partial charge in [-0.25, -0.2) is 0 Å². The number of carbonyl (C=O) groups is 1. The maximum atomic E-state index is 12.6. The maximum Gasteiger partial charge on any atom is 0.302 e. The topological polar surface area (TPSA) is 255 Å². The molecule has 11 N–H and O–H groups in total. The molecule has 8 atom stereocenters. The fraction of sp³-hybridized carbons (Fsp3) is 0.500. The Morgan fingerprint density at radius 1 is 0.987 bits per heavy atom. The molecule has 0 bridgehead atoms. The van der Waals surface area contributed by atoms with Gasteiger partial charge >= 0.3 is 5.97 Å². The van der Waals surface area contributed by atoms with E-state index in [4.69, 9.17) is 29.7 Å². The first-order chi connectivity index (χ1) is 36.9. The Bertz CT molecular complexity index is 2830. The van der Waals surface area contributed by atoms with Gasteiger partial charge in [0.1, 0.15) is 24.6 Å². The molecule has 2 aromatic carbocycles. The Balaban J connectivity index is 0.861. The van der Waals surface area contributed by atoms with E-state index in [1.54, 1.807) is 24.5 Å². The molecule has 8 unspecified atom stereocenters. The summed E-state index contributed by atoms with van der Waals surface area (Å²) in [6.45, 7) is 2.94. The maximum absolute atomic E-state index is 12.6. The summed E-state index contributed by atoms with van der Waals surface area (Å²) in [7, 11) is 0. The van der Waals surface area contributed by atoms with Gasteiger partial charge in [-0.1, -0.05) is 37.5 Å². The van der Waals surface area contributed by atoms with Crippen LogP contribution in [0.3, 0.4) is 0 Å². The summed E-state index contributed by atoms with van der Waals surface area (Å²) >= 11 is 0. The predicted octanol–water partition coefficient (Wildman–Crippen LogP) is 7.66. The van der Waals surface area contributed by atoms with Gasteiger partial charge in [0.2, 0.25) is 5.75 Å². The zero-order valence-corrected chi connectivity index (χ0v) is 43.5. The number of aromatic nitrogens is 3. The van der Waals surface area contributed by atoms with E-state index in [2.05, 4.69) is 60.3 Å². The van der Waals surface area contributed by atoms with E-state index < -0.39 is 29.9 Å². The fourth-order valence-corrected chi connectivity index (χ4v) is 12.2. The van der Waals surface area contributed by atoms with Crippen molar-refractivity contribution in [2.24, 2.45) is 16.6 Å². The van der Waals surface area contributed by atoms with Crippen molar-refractivity contribution < 1.29 is 44.2 Å². The van der Waals surface area contributed by atoms with Gasteiger partial charge in [-0.3, -0.25) is 20.1 Å². The van der Waals surface area contributed by atoms with Gasteiger partial charge in [0.15, 0.2) is 29.0 Å². The van der Waals surface area contributed by atoms with Crippen molar-refractivity contribution >= 4 is 22.8 Å². The Labute approximate surface area is 444 Å². The molecule has 18 heteroatoms. The molecule has 0 radical (unpaired) electrons. The number of aromatic amines is 1. The summed E-state index contributed by atoms with van der Waals surface area (Å²) in [5.41, 5.74) is 10.1. The number of nitrogens with two attached hydrogens (primary N) is 1. The molecule has 3 aromatic heterocycles. The molecule has 2 aliphatic carbocycles. The molecular weight excluding hydrogens is 967 g/mol. The number of ether oxygens (including phenoxy) is 4. The van der Waals surface area contributed by atoms with Crippen molar-refractivity contribution in [3.63, 3.8) is 0 Å². The van der Waals surface area contributed by atoms with Crippen molar-refractivity contribution in [1.82, 2.24) is 35.8 Å². The van der Waals surface area contributed by atoms with Gasteiger partial charge in [0.05, 0.1) is 41.6 Å². The number of nitrogens with zero attached hydrogens (tertiary/aromatic N) is 3. The number of H-pyrrole nitrogens is 1. The molecule has 3 aliphatic heterocycles. The van der Waals surface area contributed by atoms with E-state index in [0.29, 0.717) is 74.7 Å². The highest BCUT2D eigenvalue weighted by Gasteiger charge is 2.54. The molecule has 406 valence electrons. The third kappa shape index (κ3) is 12.8. The minimum absolute atomic E-state index is 0.0368. The number of aliphatic hydroxyl groups excluding tert-OH is 1. The molecular formula is C58H75N9O9. The number of pyridine rings is 1. The third-order valence-electron chi connectivity index (χ3n) is 15.9. The predicted molar refractivity (Wildman–Crippen MR) is 289 cm³/mol. The first kappa shape index (κ1) is 52.5. The summed E-state index contributed by atoms with van der Waals surface area (Å²) in [4.78, 5) is 25.0. The van der Waals surface area contributed by atoms with Gasteiger partial charge in [-0.05, 0) is 123 Å². The van der Waals surface area contributed by atoms with Crippen molar-refractivity contribution in [1.29, 1.82) is 0 Å². The van der Waals surface area contributed by atoms with Crippen LogP contribution in [0.4, 0.5) is 0 Å². The number of aliphatic imine (C=N–C) groups is 1. The van der Waals surface area contributed by atoms with Gasteiger partial charge in [0.25, 0.3) is 0 Å². The fourth-order valence-electron chi connectivity index (χ4n) is 12.2. The molecule has 10 rings (SSSR count). The Kier molecular flexibility index (Phi) is 16.6. The summed E-state index contributed by atoms with van der Waals surface area (Å²) in [5.74, 6) is 0.451. The second kappa shape index (κ2) is 24.0. The number of benzene rings is 2. The molecule has 76 heavy (non-hydrogen) atoms. The highest BCUT2D eigenvalue weighted by Crippen LogP contribution is 2.46. The van der Waals surface area contributed by atoms with Crippen LogP contribution < -0.4 is 36.5 Å². The summed E-state index contributed by atoms with van der Waals surface area (Å²) in [6, 6.07) is 14.7. The molecule has 6 heterocycles. The summed E-state index contributed by atoms with van der Waals surface area (Å²) < 4.78 is 27.5. The van der Waals surface area contributed by atoms with Crippen LogP contribution in [-0.4, -0.2) is 103 Å². The molecule has 2 saturated carbocycles. The number of hydrogen-bond donors (Lipinski definition) is 10. The third-order valence-corrected chi connectivity index (χ3v) is 15.9. The second-order valence-corrected chi connectivity index (χ2v) is 21.5. The largest absolute Gasteiger partial charge is 0.504 e. The summed E-state index contributed by atoms with van der Waals surface area (Å²) in [5, 5.41) is 61.2. The van der Waals surface area contributed by atoms with Crippen LogP contribution in [0.25, 0.3) is 10.9 Å². The zero-order valence-electron chi connectivity index (χ0n) is 43.5. The molecule has 4 fully saturated rings. The van der Waals surface area contributed by atoms with E-state index in [-0.39, 0.29) is 59.9 Å². The van der Waals surface area contributed by atoms with Crippen LogP contribution in [-0.2, 0) is 27.1 Å². The number of hydrogen-bond acceptors (Lipinski definition) is 14. The lowest BCUT2D eigenvalue weighted by Crippen LogP contribution is -2.72. The highest BCUT2D eigenvalue weighted by atomic mass is 16.6. The standard InChI is InChI=1S/C58H75N9O9/c1-36(68)74-45-30-43(75-49(31-45)41-28-48(70)54(71)51(29-41)73-25-19-39-9-6-21-60-33-39)15-13-38-14-16-47(69)50(26-38)76-44-12-5-20-58(32-44)53(56(72)64-42-10-3-2-4-11-42)55(67-34-40-18-24-61-46(40)35-67)65-57(66-58)63-22-7-8-37-17-23-62-52(59)27-37/h6,9,14,16-18,21,24,26-29,33-35,42-45,49,53,55-56,61-62,64,69-72H,2-5,7-8,10-13,15,19-20,22-23,25,30-32,59H2,1H3,(H2,63,65,66). The van der Waals surface area contributed by atoms with Crippen molar-refractivity contribution in [2.45, 2.75) is 158 Å². The number of allylic oxidation sites excluding steroid dienone is 2. The lowest BCUT2D eigenvalue weighted by Gasteiger charge is -2.55. The van der Waals surface area contributed by atoms with Gasteiger partial charge < -0.3 is 70.6 Å². The first-order valence-corrected chi connectivity index (χ1v) is 27.4. The normalized spacial score (nSPS) is 25.9. The lowest BCUT2D eigenvalue weighted by molar-refractivity contribution is -0.160. The first-order valence-electron chi connectivity index (χ1n) is 27.4. The van der Waals surface area contributed by atoms with E-state index in [0.717, 1.165) is 79.8 Å². The smallest absolute Gasteiger partial charge is 0.302 e. The van der Waals surface area contributed by atoms with Crippen LogP contribution in [0.5, 0.6) is 28.7 Å². The second-order valence-electron chi connectivity index (χ2n) is 21.5.